The molecule has 0 saturated heterocycles. The van der Waals surface area contributed by atoms with Crippen LogP contribution >= 0.6 is 11.3 Å². The van der Waals surface area contributed by atoms with E-state index in [0.717, 1.165) is 11.3 Å². The molecular weight excluding hydrogens is 390 g/mol. The number of nitro benzene ring substituents is 1. The van der Waals surface area contributed by atoms with E-state index in [2.05, 4.69) is 11.6 Å². The van der Waals surface area contributed by atoms with E-state index in [-0.39, 0.29) is 12.3 Å². The molecule has 0 saturated carbocycles. The minimum atomic E-state index is -1.08. The number of nitrogens with zero attached hydrogens (tertiary/aromatic N) is 3. The van der Waals surface area contributed by atoms with Crippen molar-refractivity contribution in [3.05, 3.63) is 93.1 Å². The summed E-state index contributed by atoms with van der Waals surface area (Å²) in [5, 5.41) is 34.0. The first kappa shape index (κ1) is 20.7. The van der Waals surface area contributed by atoms with Crippen LogP contribution < -0.4 is 4.80 Å². The van der Waals surface area contributed by atoms with Crippen molar-refractivity contribution in [2.75, 3.05) is 13.2 Å². The second-order valence-corrected chi connectivity index (χ2v) is 7.15. The normalized spacial score (nSPS) is 13.8. The molecule has 0 unspecified atom stereocenters. The molecule has 150 valence electrons. The van der Waals surface area contributed by atoms with Crippen LogP contribution in [-0.4, -0.2) is 32.9 Å². The molecule has 8 heteroatoms. The number of aliphatic hydroxyl groups is 2. The second kappa shape index (κ2) is 9.42. The Labute approximate surface area is 171 Å². The van der Waals surface area contributed by atoms with Gasteiger partial charge in [0.05, 0.1) is 29.8 Å². The number of hydrogen-bond donors (Lipinski definition) is 2. The molecule has 2 atom stereocenters. The van der Waals surface area contributed by atoms with E-state index in [1.54, 1.807) is 6.08 Å². The molecule has 0 aliphatic carbocycles. The predicted molar refractivity (Wildman–Crippen MR) is 113 cm³/mol. The lowest BCUT2D eigenvalue weighted by Crippen LogP contribution is -2.29. The largest absolute Gasteiger partial charge is 0.394 e. The average molecular weight is 411 g/mol. The van der Waals surface area contributed by atoms with Crippen LogP contribution in [-0.2, 0) is 0 Å². The minimum absolute atomic E-state index is 0.0590. The Morgan fingerprint density at radius 1 is 1.21 bits per heavy atom. The molecular formula is C21H21N3O4S. The Hall–Kier alpha value is -3.07. The zero-order chi connectivity index (χ0) is 20.8. The summed E-state index contributed by atoms with van der Waals surface area (Å²) in [4.78, 5) is 15.5. The quantitative estimate of drug-likeness (QED) is 0.337. The van der Waals surface area contributed by atoms with E-state index in [1.807, 2.05) is 40.3 Å². The van der Waals surface area contributed by atoms with Gasteiger partial charge in [-0.05, 0) is 23.3 Å². The van der Waals surface area contributed by atoms with Crippen molar-refractivity contribution < 1.29 is 15.1 Å². The van der Waals surface area contributed by atoms with Crippen molar-refractivity contribution in [2.24, 2.45) is 4.99 Å². The van der Waals surface area contributed by atoms with E-state index in [4.69, 9.17) is 0 Å². The molecule has 0 amide bonds. The molecule has 0 bridgehead atoms. The maximum absolute atomic E-state index is 11.0. The summed E-state index contributed by atoms with van der Waals surface area (Å²) in [6.07, 6.45) is 0.591. The number of hydrogen-bond acceptors (Lipinski definition) is 6. The van der Waals surface area contributed by atoms with Crippen molar-refractivity contribution in [1.29, 1.82) is 0 Å². The molecule has 3 rings (SSSR count). The van der Waals surface area contributed by atoms with Crippen molar-refractivity contribution in [1.82, 2.24) is 4.57 Å². The first-order valence-electron chi connectivity index (χ1n) is 8.97. The third-order valence-electron chi connectivity index (χ3n) is 4.50. The van der Waals surface area contributed by atoms with Gasteiger partial charge in [0.1, 0.15) is 6.10 Å². The number of rotatable bonds is 8. The third kappa shape index (κ3) is 4.51. The zero-order valence-corrected chi connectivity index (χ0v) is 16.4. The lowest BCUT2D eigenvalue weighted by Gasteiger charge is -2.25. The summed E-state index contributed by atoms with van der Waals surface area (Å²) in [6.45, 7) is 3.75. The number of nitro groups is 1. The molecule has 0 aliphatic rings. The maximum Gasteiger partial charge on any atom is 0.269 e. The standard InChI is InChI=1S/C21H21N3O4S/c1-2-12-22-21-23(19(14-29-21)15-6-4-3-5-7-15)18(13-25)20(26)16-8-10-17(11-9-16)24(27)28/h2-11,14,18,20,25-26H,1,12-13H2/t18-,20+/m1/s1. The number of aliphatic hydroxyl groups excluding tert-OH is 2. The third-order valence-corrected chi connectivity index (χ3v) is 5.37. The Morgan fingerprint density at radius 2 is 1.90 bits per heavy atom. The highest BCUT2D eigenvalue weighted by Crippen LogP contribution is 2.31. The fourth-order valence-corrected chi connectivity index (χ4v) is 4.02. The van der Waals surface area contributed by atoms with E-state index >= 15 is 0 Å². The van der Waals surface area contributed by atoms with Crippen LogP contribution in [0.1, 0.15) is 17.7 Å². The van der Waals surface area contributed by atoms with Crippen LogP contribution in [0.3, 0.4) is 0 Å². The fraction of sp³-hybridized carbons (Fsp3) is 0.190. The van der Waals surface area contributed by atoms with E-state index in [0.29, 0.717) is 16.9 Å². The van der Waals surface area contributed by atoms with Gasteiger partial charge < -0.3 is 14.8 Å². The molecule has 0 spiro atoms. The highest BCUT2D eigenvalue weighted by molar-refractivity contribution is 7.07. The summed E-state index contributed by atoms with van der Waals surface area (Å²) in [7, 11) is 0. The molecule has 2 N–H and O–H groups in total. The number of thiazole rings is 1. The monoisotopic (exact) mass is 411 g/mol. The van der Waals surface area contributed by atoms with Crippen molar-refractivity contribution in [3.8, 4) is 11.3 Å². The van der Waals surface area contributed by atoms with Crippen LogP contribution in [0, 0.1) is 10.1 Å². The number of non-ortho nitro benzene ring substituents is 1. The lowest BCUT2D eigenvalue weighted by molar-refractivity contribution is -0.384. The molecule has 0 aliphatic heterocycles. The van der Waals surface area contributed by atoms with Gasteiger partial charge in [0.2, 0.25) is 0 Å². The Morgan fingerprint density at radius 3 is 2.48 bits per heavy atom. The summed E-state index contributed by atoms with van der Waals surface area (Å²) in [5.41, 5.74) is 2.16. The molecule has 2 aromatic carbocycles. The lowest BCUT2D eigenvalue weighted by atomic mass is 10.0. The van der Waals surface area contributed by atoms with E-state index in [1.165, 1.54) is 35.6 Å². The first-order chi connectivity index (χ1) is 14.1. The first-order valence-corrected chi connectivity index (χ1v) is 9.85. The van der Waals surface area contributed by atoms with E-state index < -0.39 is 17.1 Å². The minimum Gasteiger partial charge on any atom is -0.394 e. The Balaban J connectivity index is 2.08. The molecule has 0 fully saturated rings. The van der Waals surface area contributed by atoms with Crippen LogP contribution in [0.25, 0.3) is 11.3 Å². The molecule has 3 aromatic rings. The second-order valence-electron chi connectivity index (χ2n) is 6.31. The van der Waals surface area contributed by atoms with E-state index in [9.17, 15) is 20.3 Å². The summed E-state index contributed by atoms with van der Waals surface area (Å²) in [5.74, 6) is 0. The predicted octanol–water partition coefficient (Wildman–Crippen LogP) is 3.48. The molecule has 7 nitrogen and oxygen atoms in total. The average Bonchev–Trinajstić information content (AvgIpc) is 3.17. The Kier molecular flexibility index (Phi) is 6.71. The van der Waals surface area contributed by atoms with Crippen LogP contribution in [0.4, 0.5) is 5.69 Å². The summed E-state index contributed by atoms with van der Waals surface area (Å²) in [6, 6.07) is 14.6. The van der Waals surface area contributed by atoms with Crippen LogP contribution in [0.5, 0.6) is 0 Å². The highest BCUT2D eigenvalue weighted by Gasteiger charge is 2.26. The van der Waals surface area contributed by atoms with Gasteiger partial charge >= 0.3 is 0 Å². The zero-order valence-electron chi connectivity index (χ0n) is 15.6. The Bertz CT molecular complexity index is 1040. The summed E-state index contributed by atoms with van der Waals surface area (Å²) < 4.78 is 1.82. The molecule has 1 heterocycles. The fourth-order valence-electron chi connectivity index (χ4n) is 3.06. The van der Waals surface area contributed by atoms with Crippen LogP contribution in [0.2, 0.25) is 0 Å². The van der Waals surface area contributed by atoms with Crippen molar-refractivity contribution in [2.45, 2.75) is 12.1 Å². The number of aromatic nitrogens is 1. The smallest absolute Gasteiger partial charge is 0.269 e. The van der Waals surface area contributed by atoms with Gasteiger partial charge in [-0.3, -0.25) is 15.1 Å². The number of benzene rings is 2. The van der Waals surface area contributed by atoms with Gasteiger partial charge in [-0.2, -0.15) is 0 Å². The maximum atomic E-state index is 11.0. The molecule has 1 aromatic heterocycles. The molecule has 0 radical (unpaired) electrons. The van der Waals surface area contributed by atoms with Gasteiger partial charge in [0.25, 0.3) is 5.69 Å². The SMILES string of the molecule is C=CCN=c1scc(-c2ccccc2)n1[C@H](CO)[C@@H](O)c1ccc([N+](=O)[O-])cc1. The van der Waals surface area contributed by atoms with Crippen LogP contribution in [0.15, 0.2) is 77.6 Å². The summed E-state index contributed by atoms with van der Waals surface area (Å²) >= 11 is 1.41. The van der Waals surface area contributed by atoms with Gasteiger partial charge in [0, 0.05) is 17.5 Å². The van der Waals surface area contributed by atoms with Crippen molar-refractivity contribution in [3.63, 3.8) is 0 Å². The van der Waals surface area contributed by atoms with Gasteiger partial charge in [-0.15, -0.1) is 17.9 Å². The topological polar surface area (TPSA) is 101 Å². The molecule has 29 heavy (non-hydrogen) atoms. The van der Waals surface area contributed by atoms with Gasteiger partial charge in [-0.25, -0.2) is 0 Å². The van der Waals surface area contributed by atoms with Gasteiger partial charge in [-0.1, -0.05) is 36.4 Å². The van der Waals surface area contributed by atoms with Crippen molar-refractivity contribution >= 4 is 17.0 Å². The van der Waals surface area contributed by atoms with Gasteiger partial charge in [0.15, 0.2) is 4.80 Å². The highest BCUT2D eigenvalue weighted by atomic mass is 32.1.